The molecule has 0 unspecified atom stereocenters. The van der Waals surface area contributed by atoms with Gasteiger partial charge in [0.05, 0.1) is 4.88 Å². The fourth-order valence-corrected chi connectivity index (χ4v) is 2.29. The predicted octanol–water partition coefficient (Wildman–Crippen LogP) is 3.27. The molecule has 1 nitrogen and oxygen atoms in total. The van der Waals surface area contributed by atoms with E-state index in [2.05, 4.69) is 12.6 Å². The van der Waals surface area contributed by atoms with Crippen molar-refractivity contribution in [3.63, 3.8) is 0 Å². The number of hydrogen-bond donors (Lipinski definition) is 1. The SMILES string of the molecule is O=C(c1ccccc1)c1cc(S)cs1. The first-order chi connectivity index (χ1) is 6.77. The monoisotopic (exact) mass is 220 g/mol. The zero-order valence-corrected chi connectivity index (χ0v) is 9.02. The second-order valence-electron chi connectivity index (χ2n) is 2.86. The summed E-state index contributed by atoms with van der Waals surface area (Å²) in [5.74, 6) is 0.0656. The highest BCUT2D eigenvalue weighted by Gasteiger charge is 2.09. The van der Waals surface area contributed by atoms with Gasteiger partial charge in [-0.1, -0.05) is 30.3 Å². The Morgan fingerprint density at radius 1 is 1.21 bits per heavy atom. The summed E-state index contributed by atoms with van der Waals surface area (Å²) < 4.78 is 0. The molecule has 0 atom stereocenters. The Hall–Kier alpha value is -1.06. The molecule has 0 aliphatic rings. The molecule has 2 rings (SSSR count). The van der Waals surface area contributed by atoms with Gasteiger partial charge in [-0.3, -0.25) is 4.79 Å². The van der Waals surface area contributed by atoms with Crippen LogP contribution in [0, 0.1) is 0 Å². The standard InChI is InChI=1S/C11H8OS2/c12-11(8-4-2-1-3-5-8)10-6-9(13)7-14-10/h1-7,13H. The summed E-state index contributed by atoms with van der Waals surface area (Å²) in [5.41, 5.74) is 0.725. The molecule has 0 saturated carbocycles. The van der Waals surface area contributed by atoms with E-state index in [1.165, 1.54) is 11.3 Å². The lowest BCUT2D eigenvalue weighted by Crippen LogP contribution is -1.97. The van der Waals surface area contributed by atoms with E-state index in [1.807, 2.05) is 35.7 Å². The first-order valence-electron chi connectivity index (χ1n) is 4.14. The summed E-state index contributed by atoms with van der Waals surface area (Å²) >= 11 is 5.60. The Morgan fingerprint density at radius 2 is 1.93 bits per heavy atom. The summed E-state index contributed by atoms with van der Waals surface area (Å²) in [5, 5.41) is 1.86. The Balaban J connectivity index is 2.34. The number of thiophene rings is 1. The molecule has 0 fully saturated rings. The number of thiol groups is 1. The number of carbonyl (C=O) groups excluding carboxylic acids is 1. The summed E-state index contributed by atoms with van der Waals surface area (Å²) in [4.78, 5) is 13.4. The van der Waals surface area contributed by atoms with Crippen LogP contribution in [-0.2, 0) is 0 Å². The highest BCUT2D eigenvalue weighted by molar-refractivity contribution is 7.80. The Kier molecular flexibility index (Phi) is 2.70. The number of carbonyl (C=O) groups is 1. The van der Waals surface area contributed by atoms with Crippen LogP contribution in [0.4, 0.5) is 0 Å². The van der Waals surface area contributed by atoms with Crippen molar-refractivity contribution in [3.8, 4) is 0 Å². The van der Waals surface area contributed by atoms with Crippen molar-refractivity contribution < 1.29 is 4.79 Å². The fraction of sp³-hybridized carbons (Fsp3) is 0. The molecule has 0 spiro atoms. The molecule has 0 aliphatic heterocycles. The van der Waals surface area contributed by atoms with Crippen LogP contribution in [0.1, 0.15) is 15.2 Å². The molecule has 0 aliphatic carbocycles. The van der Waals surface area contributed by atoms with Crippen LogP contribution in [-0.4, -0.2) is 5.78 Å². The topological polar surface area (TPSA) is 17.1 Å². The van der Waals surface area contributed by atoms with E-state index >= 15 is 0 Å². The van der Waals surface area contributed by atoms with Crippen molar-refractivity contribution in [2.45, 2.75) is 4.90 Å². The van der Waals surface area contributed by atoms with Gasteiger partial charge in [0.1, 0.15) is 0 Å². The predicted molar refractivity (Wildman–Crippen MR) is 61.4 cm³/mol. The Bertz CT molecular complexity index is 445. The van der Waals surface area contributed by atoms with Gasteiger partial charge in [-0.15, -0.1) is 24.0 Å². The molecule has 1 heterocycles. The number of hydrogen-bond acceptors (Lipinski definition) is 3. The minimum Gasteiger partial charge on any atom is -0.288 e. The Labute approximate surface area is 91.8 Å². The number of benzene rings is 1. The van der Waals surface area contributed by atoms with Crippen molar-refractivity contribution in [2.75, 3.05) is 0 Å². The average molecular weight is 220 g/mol. The van der Waals surface area contributed by atoms with Gasteiger partial charge in [0.15, 0.2) is 0 Å². The molecule has 1 aromatic heterocycles. The van der Waals surface area contributed by atoms with Crippen molar-refractivity contribution in [2.24, 2.45) is 0 Å². The van der Waals surface area contributed by atoms with Gasteiger partial charge < -0.3 is 0 Å². The molecular formula is C11H8OS2. The largest absolute Gasteiger partial charge is 0.288 e. The van der Waals surface area contributed by atoms with E-state index in [4.69, 9.17) is 0 Å². The molecule has 0 N–H and O–H groups in total. The van der Waals surface area contributed by atoms with Crippen LogP contribution < -0.4 is 0 Å². The molecule has 0 amide bonds. The van der Waals surface area contributed by atoms with Crippen LogP contribution in [0.5, 0.6) is 0 Å². The Morgan fingerprint density at radius 3 is 2.50 bits per heavy atom. The van der Waals surface area contributed by atoms with Crippen molar-refractivity contribution in [1.82, 2.24) is 0 Å². The van der Waals surface area contributed by atoms with Crippen LogP contribution in [0.3, 0.4) is 0 Å². The summed E-state index contributed by atoms with van der Waals surface area (Å²) in [6.07, 6.45) is 0. The third-order valence-corrected chi connectivity index (χ3v) is 3.21. The van der Waals surface area contributed by atoms with Gasteiger partial charge >= 0.3 is 0 Å². The van der Waals surface area contributed by atoms with Gasteiger partial charge in [0.25, 0.3) is 0 Å². The smallest absolute Gasteiger partial charge is 0.202 e. The minimum atomic E-state index is 0.0656. The van der Waals surface area contributed by atoms with E-state index in [0.717, 1.165) is 15.3 Å². The molecule has 1 aromatic carbocycles. The third kappa shape index (κ3) is 1.89. The van der Waals surface area contributed by atoms with E-state index in [-0.39, 0.29) is 5.78 Å². The van der Waals surface area contributed by atoms with Gasteiger partial charge in [-0.05, 0) is 6.07 Å². The summed E-state index contributed by atoms with van der Waals surface area (Å²) in [6, 6.07) is 11.1. The molecule has 0 bridgehead atoms. The van der Waals surface area contributed by atoms with E-state index in [1.54, 1.807) is 6.07 Å². The van der Waals surface area contributed by atoms with Gasteiger partial charge in [0.2, 0.25) is 5.78 Å². The quantitative estimate of drug-likeness (QED) is 0.607. The fourth-order valence-electron chi connectivity index (χ4n) is 1.18. The molecule has 3 heteroatoms. The summed E-state index contributed by atoms with van der Waals surface area (Å²) in [6.45, 7) is 0. The third-order valence-electron chi connectivity index (χ3n) is 1.85. The molecule has 0 radical (unpaired) electrons. The van der Waals surface area contributed by atoms with Crippen LogP contribution >= 0.6 is 24.0 Å². The second kappa shape index (κ2) is 3.98. The van der Waals surface area contributed by atoms with E-state index in [0.29, 0.717) is 0 Å². The maximum Gasteiger partial charge on any atom is 0.202 e. The highest BCUT2D eigenvalue weighted by Crippen LogP contribution is 2.20. The zero-order chi connectivity index (χ0) is 9.97. The zero-order valence-electron chi connectivity index (χ0n) is 7.31. The first kappa shape index (κ1) is 9.49. The highest BCUT2D eigenvalue weighted by atomic mass is 32.1. The number of rotatable bonds is 2. The maximum atomic E-state index is 11.8. The van der Waals surface area contributed by atoms with Crippen LogP contribution in [0.2, 0.25) is 0 Å². The van der Waals surface area contributed by atoms with Crippen molar-refractivity contribution in [3.05, 3.63) is 52.2 Å². The molecule has 70 valence electrons. The van der Waals surface area contributed by atoms with Gasteiger partial charge in [-0.25, -0.2) is 0 Å². The first-order valence-corrected chi connectivity index (χ1v) is 5.47. The lowest BCUT2D eigenvalue weighted by Gasteiger charge is -1.95. The van der Waals surface area contributed by atoms with Crippen LogP contribution in [0.25, 0.3) is 0 Å². The van der Waals surface area contributed by atoms with Crippen molar-refractivity contribution in [1.29, 1.82) is 0 Å². The van der Waals surface area contributed by atoms with Gasteiger partial charge in [0, 0.05) is 15.8 Å². The second-order valence-corrected chi connectivity index (χ2v) is 4.29. The normalized spacial score (nSPS) is 10.1. The van der Waals surface area contributed by atoms with Crippen molar-refractivity contribution >= 4 is 29.7 Å². The molecule has 2 aromatic rings. The number of ketones is 1. The van der Waals surface area contributed by atoms with Gasteiger partial charge in [-0.2, -0.15) is 0 Å². The van der Waals surface area contributed by atoms with E-state index in [9.17, 15) is 4.79 Å². The molecular weight excluding hydrogens is 212 g/mol. The summed E-state index contributed by atoms with van der Waals surface area (Å²) in [7, 11) is 0. The molecule has 14 heavy (non-hydrogen) atoms. The lowest BCUT2D eigenvalue weighted by molar-refractivity contribution is 0.104. The van der Waals surface area contributed by atoms with Crippen LogP contribution in [0.15, 0.2) is 46.7 Å². The molecule has 0 saturated heterocycles. The average Bonchev–Trinajstić information content (AvgIpc) is 2.65. The maximum absolute atomic E-state index is 11.8. The minimum absolute atomic E-state index is 0.0656. The van der Waals surface area contributed by atoms with E-state index < -0.39 is 0 Å². The lowest BCUT2D eigenvalue weighted by atomic mass is 10.1.